The van der Waals surface area contributed by atoms with E-state index in [-0.39, 0.29) is 17.1 Å². The van der Waals surface area contributed by atoms with E-state index in [2.05, 4.69) is 32.7 Å². The van der Waals surface area contributed by atoms with Crippen LogP contribution in [0.1, 0.15) is 38.1 Å². The maximum atomic E-state index is 12.2. The topological polar surface area (TPSA) is 20.3 Å². The van der Waals surface area contributed by atoms with Crippen molar-refractivity contribution in [3.63, 3.8) is 0 Å². The van der Waals surface area contributed by atoms with Crippen molar-refractivity contribution in [1.82, 2.24) is 4.90 Å². The van der Waals surface area contributed by atoms with E-state index in [9.17, 15) is 4.79 Å². The summed E-state index contributed by atoms with van der Waals surface area (Å²) in [4.78, 5) is 14.5. The van der Waals surface area contributed by atoms with Gasteiger partial charge in [-0.3, -0.25) is 4.79 Å². The van der Waals surface area contributed by atoms with Gasteiger partial charge in [0.15, 0.2) is 5.78 Å². The van der Waals surface area contributed by atoms with Gasteiger partial charge in [-0.1, -0.05) is 58.0 Å². The van der Waals surface area contributed by atoms with E-state index in [0.29, 0.717) is 0 Å². The van der Waals surface area contributed by atoms with Gasteiger partial charge in [-0.05, 0) is 12.5 Å². The normalized spacial score (nSPS) is 13.7. The van der Waals surface area contributed by atoms with Crippen molar-refractivity contribution in [2.75, 3.05) is 20.1 Å². The minimum Gasteiger partial charge on any atom is -0.305 e. The highest BCUT2D eigenvalue weighted by molar-refractivity contribution is 5.97. The molecule has 1 aromatic carbocycles. The number of hydrogen-bond donors (Lipinski definition) is 0. The Balaban J connectivity index is 2.56. The molecule has 0 amide bonds. The quantitative estimate of drug-likeness (QED) is 0.742. The lowest BCUT2D eigenvalue weighted by molar-refractivity contribution is 0.0889. The Kier molecular flexibility index (Phi) is 5.09. The van der Waals surface area contributed by atoms with Crippen molar-refractivity contribution >= 4 is 5.78 Å². The molecule has 2 heteroatoms. The Morgan fingerprint density at radius 2 is 1.78 bits per heavy atom. The second-order valence-electron chi connectivity index (χ2n) is 6.39. The van der Waals surface area contributed by atoms with Crippen molar-refractivity contribution in [2.45, 2.75) is 27.7 Å². The molecule has 18 heavy (non-hydrogen) atoms. The van der Waals surface area contributed by atoms with E-state index >= 15 is 0 Å². The fourth-order valence-corrected chi connectivity index (χ4v) is 2.31. The van der Waals surface area contributed by atoms with E-state index in [1.807, 2.05) is 37.3 Å². The summed E-state index contributed by atoms with van der Waals surface area (Å²) >= 11 is 0. The first-order valence-corrected chi connectivity index (χ1v) is 6.57. The molecule has 0 saturated heterocycles. The van der Waals surface area contributed by atoms with Gasteiger partial charge in [-0.2, -0.15) is 0 Å². The van der Waals surface area contributed by atoms with Crippen LogP contribution < -0.4 is 0 Å². The van der Waals surface area contributed by atoms with Crippen molar-refractivity contribution in [3.05, 3.63) is 35.9 Å². The summed E-state index contributed by atoms with van der Waals surface area (Å²) in [6.07, 6.45) is 0. The molecule has 1 rings (SSSR count). The zero-order chi connectivity index (χ0) is 13.8. The van der Waals surface area contributed by atoms with Gasteiger partial charge < -0.3 is 4.90 Å². The lowest BCUT2D eigenvalue weighted by Crippen LogP contribution is -2.34. The minimum atomic E-state index is 0.0414. The summed E-state index contributed by atoms with van der Waals surface area (Å²) < 4.78 is 0. The molecule has 0 fully saturated rings. The Morgan fingerprint density at radius 1 is 1.22 bits per heavy atom. The third kappa shape index (κ3) is 5.01. The standard InChI is InChI=1S/C16H25NO/c1-13(11-17(5)12-16(2,3)4)15(18)14-9-7-6-8-10-14/h6-10,13H,11-12H2,1-5H3. The van der Waals surface area contributed by atoms with Crippen LogP contribution in [-0.4, -0.2) is 30.8 Å². The van der Waals surface area contributed by atoms with E-state index in [1.165, 1.54) is 0 Å². The predicted octanol–water partition coefficient (Wildman–Crippen LogP) is 3.48. The molecule has 0 saturated carbocycles. The van der Waals surface area contributed by atoms with Gasteiger partial charge in [-0.25, -0.2) is 0 Å². The summed E-state index contributed by atoms with van der Waals surface area (Å²) in [6.45, 7) is 10.5. The third-order valence-corrected chi connectivity index (χ3v) is 2.84. The average Bonchev–Trinajstić information content (AvgIpc) is 2.26. The molecule has 1 aromatic rings. The molecule has 0 aliphatic carbocycles. The monoisotopic (exact) mass is 247 g/mol. The van der Waals surface area contributed by atoms with Gasteiger partial charge in [0.05, 0.1) is 0 Å². The molecule has 0 spiro atoms. The number of Topliss-reactive ketones (excluding diaryl/α,β-unsaturated/α-hetero) is 1. The first kappa shape index (κ1) is 14.9. The first-order valence-electron chi connectivity index (χ1n) is 6.57. The average molecular weight is 247 g/mol. The largest absolute Gasteiger partial charge is 0.305 e. The highest BCUT2D eigenvalue weighted by Crippen LogP contribution is 2.16. The van der Waals surface area contributed by atoms with Crippen LogP contribution in [0.15, 0.2) is 30.3 Å². The molecule has 0 aliphatic heterocycles. The van der Waals surface area contributed by atoms with Crippen molar-refractivity contribution in [3.8, 4) is 0 Å². The minimum absolute atomic E-state index is 0.0414. The number of carbonyl (C=O) groups excluding carboxylic acids is 1. The molecule has 1 atom stereocenters. The zero-order valence-corrected chi connectivity index (χ0v) is 12.2. The maximum absolute atomic E-state index is 12.2. The van der Waals surface area contributed by atoms with Crippen molar-refractivity contribution in [1.29, 1.82) is 0 Å². The highest BCUT2D eigenvalue weighted by Gasteiger charge is 2.19. The molecule has 0 N–H and O–H groups in total. The number of rotatable bonds is 5. The Labute approximate surface area is 111 Å². The van der Waals surface area contributed by atoms with Crippen LogP contribution in [0.4, 0.5) is 0 Å². The summed E-state index contributed by atoms with van der Waals surface area (Å²) in [5.41, 5.74) is 1.08. The van der Waals surface area contributed by atoms with E-state index in [0.717, 1.165) is 18.7 Å². The van der Waals surface area contributed by atoms with Gasteiger partial charge in [0, 0.05) is 24.6 Å². The van der Waals surface area contributed by atoms with Crippen LogP contribution in [0.3, 0.4) is 0 Å². The zero-order valence-electron chi connectivity index (χ0n) is 12.2. The Morgan fingerprint density at radius 3 is 2.28 bits per heavy atom. The van der Waals surface area contributed by atoms with Crippen molar-refractivity contribution < 1.29 is 4.79 Å². The van der Waals surface area contributed by atoms with Crippen LogP contribution >= 0.6 is 0 Å². The van der Waals surface area contributed by atoms with Crippen LogP contribution in [0.2, 0.25) is 0 Å². The number of benzene rings is 1. The molecule has 2 nitrogen and oxygen atoms in total. The highest BCUT2D eigenvalue weighted by atomic mass is 16.1. The molecule has 1 unspecified atom stereocenters. The molecular weight excluding hydrogens is 222 g/mol. The van der Waals surface area contributed by atoms with E-state index < -0.39 is 0 Å². The number of carbonyl (C=O) groups is 1. The van der Waals surface area contributed by atoms with Gasteiger partial charge in [0.1, 0.15) is 0 Å². The summed E-state index contributed by atoms with van der Waals surface area (Å²) in [6, 6.07) is 9.55. The van der Waals surface area contributed by atoms with Gasteiger partial charge in [-0.15, -0.1) is 0 Å². The Bertz CT molecular complexity index is 378. The SMILES string of the molecule is CC(CN(C)CC(C)(C)C)C(=O)c1ccccc1. The second kappa shape index (κ2) is 6.14. The van der Waals surface area contributed by atoms with Gasteiger partial charge in [0.25, 0.3) is 0 Å². The molecule has 0 radical (unpaired) electrons. The molecular formula is C16H25NO. The van der Waals surface area contributed by atoms with Crippen LogP contribution in [0, 0.1) is 11.3 Å². The smallest absolute Gasteiger partial charge is 0.166 e. The van der Waals surface area contributed by atoms with Gasteiger partial charge in [0.2, 0.25) is 0 Å². The summed E-state index contributed by atoms with van der Waals surface area (Å²) in [5.74, 6) is 0.274. The van der Waals surface area contributed by atoms with Crippen LogP contribution in [-0.2, 0) is 0 Å². The van der Waals surface area contributed by atoms with Crippen LogP contribution in [0.5, 0.6) is 0 Å². The fraction of sp³-hybridized carbons (Fsp3) is 0.562. The van der Waals surface area contributed by atoms with Gasteiger partial charge >= 0.3 is 0 Å². The predicted molar refractivity (Wildman–Crippen MR) is 76.9 cm³/mol. The molecule has 100 valence electrons. The second-order valence-corrected chi connectivity index (χ2v) is 6.39. The van der Waals surface area contributed by atoms with Crippen molar-refractivity contribution in [2.24, 2.45) is 11.3 Å². The number of hydrogen-bond acceptors (Lipinski definition) is 2. The first-order chi connectivity index (χ1) is 8.29. The van der Waals surface area contributed by atoms with Crippen LogP contribution in [0.25, 0.3) is 0 Å². The summed E-state index contributed by atoms with van der Waals surface area (Å²) in [5, 5.41) is 0. The van der Waals surface area contributed by atoms with E-state index in [1.54, 1.807) is 0 Å². The Hall–Kier alpha value is -1.15. The maximum Gasteiger partial charge on any atom is 0.166 e. The molecule has 0 aliphatic rings. The third-order valence-electron chi connectivity index (χ3n) is 2.84. The number of nitrogens with zero attached hydrogens (tertiary/aromatic N) is 1. The molecule has 0 heterocycles. The lowest BCUT2D eigenvalue weighted by Gasteiger charge is -2.28. The molecule has 0 bridgehead atoms. The molecule has 0 aromatic heterocycles. The lowest BCUT2D eigenvalue weighted by atomic mass is 9.94. The number of ketones is 1. The summed E-state index contributed by atoms with van der Waals surface area (Å²) in [7, 11) is 2.08. The van der Waals surface area contributed by atoms with E-state index in [4.69, 9.17) is 0 Å². The fourth-order valence-electron chi connectivity index (χ4n) is 2.31.